The minimum atomic E-state index is -0.864. The Labute approximate surface area is 92.7 Å². The van der Waals surface area contributed by atoms with Crippen LogP contribution in [0.3, 0.4) is 0 Å². The second-order valence-electron chi connectivity index (χ2n) is 3.64. The van der Waals surface area contributed by atoms with E-state index in [1.807, 2.05) is 0 Å². The van der Waals surface area contributed by atoms with Gasteiger partial charge in [-0.25, -0.2) is 4.39 Å². The van der Waals surface area contributed by atoms with Gasteiger partial charge in [-0.1, -0.05) is 24.6 Å². The molecule has 0 bridgehead atoms. The highest BCUT2D eigenvalue weighted by Gasteiger charge is 2.11. The van der Waals surface area contributed by atoms with Gasteiger partial charge in [0.15, 0.2) is 0 Å². The zero-order valence-electron chi connectivity index (χ0n) is 8.34. The molecule has 0 saturated carbocycles. The van der Waals surface area contributed by atoms with Gasteiger partial charge in [-0.2, -0.15) is 0 Å². The van der Waals surface area contributed by atoms with Crippen molar-refractivity contribution in [3.8, 4) is 0 Å². The predicted molar refractivity (Wildman–Crippen MR) is 56.5 cm³/mol. The van der Waals surface area contributed by atoms with Gasteiger partial charge in [0.2, 0.25) is 0 Å². The van der Waals surface area contributed by atoms with Crippen LogP contribution in [-0.2, 0) is 11.2 Å². The van der Waals surface area contributed by atoms with Gasteiger partial charge in [0.05, 0.1) is 0 Å². The maximum Gasteiger partial charge on any atom is 0.303 e. The summed E-state index contributed by atoms with van der Waals surface area (Å²) in [4.78, 5) is 10.4. The van der Waals surface area contributed by atoms with E-state index >= 15 is 0 Å². The highest BCUT2D eigenvalue weighted by atomic mass is 35.5. The first-order chi connectivity index (χ1) is 6.99. The normalized spacial score (nSPS) is 12.5. The summed E-state index contributed by atoms with van der Waals surface area (Å²) in [5, 5.41) is 8.91. The fourth-order valence-electron chi connectivity index (χ4n) is 1.43. The Hall–Kier alpha value is -1.09. The Morgan fingerprint density at radius 1 is 1.60 bits per heavy atom. The van der Waals surface area contributed by atoms with Crippen molar-refractivity contribution < 1.29 is 14.3 Å². The summed E-state index contributed by atoms with van der Waals surface area (Å²) in [7, 11) is 0. The third-order valence-electron chi connectivity index (χ3n) is 2.11. The molecule has 82 valence electrons. The molecule has 1 aromatic rings. The van der Waals surface area contributed by atoms with Crippen molar-refractivity contribution in [2.24, 2.45) is 5.92 Å². The number of aliphatic carboxylic acids is 1. The summed E-state index contributed by atoms with van der Waals surface area (Å²) >= 11 is 5.60. The van der Waals surface area contributed by atoms with Gasteiger partial charge in [-0.3, -0.25) is 4.79 Å². The fraction of sp³-hybridized carbons (Fsp3) is 0.364. The standard InChI is InChI=1S/C11H12ClFO2/c1-7(5-11(14)15)4-8-2-3-9(12)6-10(8)13/h2-3,6-7H,4-5H2,1H3,(H,14,15). The minimum Gasteiger partial charge on any atom is -0.481 e. The van der Waals surface area contributed by atoms with Gasteiger partial charge in [-0.05, 0) is 30.0 Å². The molecule has 0 heterocycles. The Bertz CT molecular complexity index is 366. The van der Waals surface area contributed by atoms with Crippen molar-refractivity contribution in [1.29, 1.82) is 0 Å². The van der Waals surface area contributed by atoms with Crippen LogP contribution in [0.2, 0.25) is 5.02 Å². The highest BCUT2D eigenvalue weighted by molar-refractivity contribution is 6.30. The molecule has 0 aliphatic carbocycles. The topological polar surface area (TPSA) is 37.3 Å². The lowest BCUT2D eigenvalue weighted by Crippen LogP contribution is -2.08. The molecular formula is C11H12ClFO2. The fourth-order valence-corrected chi connectivity index (χ4v) is 1.59. The molecule has 0 radical (unpaired) electrons. The molecule has 0 aliphatic rings. The summed E-state index contributed by atoms with van der Waals surface area (Å²) < 4.78 is 13.3. The van der Waals surface area contributed by atoms with E-state index in [2.05, 4.69) is 0 Å². The van der Waals surface area contributed by atoms with Crippen molar-refractivity contribution in [1.82, 2.24) is 0 Å². The number of hydrogen-bond acceptors (Lipinski definition) is 1. The van der Waals surface area contributed by atoms with E-state index in [0.29, 0.717) is 17.0 Å². The molecule has 0 fully saturated rings. The zero-order chi connectivity index (χ0) is 11.4. The van der Waals surface area contributed by atoms with Crippen LogP contribution in [0.5, 0.6) is 0 Å². The molecule has 0 spiro atoms. The first kappa shape index (κ1) is 12.0. The molecule has 15 heavy (non-hydrogen) atoms. The molecule has 1 atom stereocenters. The molecule has 1 unspecified atom stereocenters. The Kier molecular flexibility index (Phi) is 4.09. The number of carboxylic acids is 1. The molecular weight excluding hydrogens is 219 g/mol. The lowest BCUT2D eigenvalue weighted by molar-refractivity contribution is -0.137. The van der Waals surface area contributed by atoms with Crippen LogP contribution in [0.4, 0.5) is 4.39 Å². The third-order valence-corrected chi connectivity index (χ3v) is 2.34. The van der Waals surface area contributed by atoms with Crippen molar-refractivity contribution in [3.63, 3.8) is 0 Å². The van der Waals surface area contributed by atoms with E-state index in [4.69, 9.17) is 16.7 Å². The second-order valence-corrected chi connectivity index (χ2v) is 4.08. The largest absolute Gasteiger partial charge is 0.481 e. The molecule has 2 nitrogen and oxygen atoms in total. The van der Waals surface area contributed by atoms with Crippen LogP contribution in [-0.4, -0.2) is 11.1 Å². The van der Waals surface area contributed by atoms with E-state index in [0.717, 1.165) is 0 Å². The van der Waals surface area contributed by atoms with Gasteiger partial charge < -0.3 is 5.11 Å². The maximum atomic E-state index is 13.3. The van der Waals surface area contributed by atoms with Crippen LogP contribution >= 0.6 is 11.6 Å². The average molecular weight is 231 g/mol. The van der Waals surface area contributed by atoms with Gasteiger partial charge in [0, 0.05) is 11.4 Å². The number of carboxylic acid groups (broad SMARTS) is 1. The lowest BCUT2D eigenvalue weighted by atomic mass is 9.98. The number of rotatable bonds is 4. The smallest absolute Gasteiger partial charge is 0.303 e. The summed E-state index contributed by atoms with van der Waals surface area (Å²) in [6, 6.07) is 4.44. The Morgan fingerprint density at radius 2 is 2.27 bits per heavy atom. The van der Waals surface area contributed by atoms with E-state index in [-0.39, 0.29) is 18.2 Å². The van der Waals surface area contributed by atoms with Crippen molar-refractivity contribution in [2.45, 2.75) is 19.8 Å². The van der Waals surface area contributed by atoms with E-state index in [1.165, 1.54) is 6.07 Å². The summed E-state index contributed by atoms with van der Waals surface area (Å²) in [6.45, 7) is 1.78. The van der Waals surface area contributed by atoms with Crippen molar-refractivity contribution >= 4 is 17.6 Å². The SMILES string of the molecule is CC(CC(=O)O)Cc1ccc(Cl)cc1F. The zero-order valence-corrected chi connectivity index (χ0v) is 9.09. The van der Waals surface area contributed by atoms with Crippen LogP contribution in [0, 0.1) is 11.7 Å². The van der Waals surface area contributed by atoms with Gasteiger partial charge in [0.25, 0.3) is 0 Å². The Morgan fingerprint density at radius 3 is 2.80 bits per heavy atom. The van der Waals surface area contributed by atoms with Crippen LogP contribution in [0.25, 0.3) is 0 Å². The van der Waals surface area contributed by atoms with Crippen molar-refractivity contribution in [2.75, 3.05) is 0 Å². The summed E-state index contributed by atoms with van der Waals surface area (Å²) in [6.07, 6.45) is 0.456. The second kappa shape index (κ2) is 5.12. The third kappa shape index (κ3) is 3.88. The predicted octanol–water partition coefficient (Wildman–Crippen LogP) is 3.13. The number of carbonyl (C=O) groups is 1. The monoisotopic (exact) mass is 230 g/mol. The summed E-state index contributed by atoms with van der Waals surface area (Å²) in [5.74, 6) is -1.32. The first-order valence-corrected chi connectivity index (χ1v) is 5.02. The molecule has 1 N–H and O–H groups in total. The minimum absolute atomic E-state index is 0.0437. The maximum absolute atomic E-state index is 13.3. The highest BCUT2D eigenvalue weighted by Crippen LogP contribution is 2.18. The number of halogens is 2. The van der Waals surface area contributed by atoms with E-state index in [1.54, 1.807) is 19.1 Å². The Balaban J connectivity index is 2.68. The molecule has 0 aromatic heterocycles. The quantitative estimate of drug-likeness (QED) is 0.863. The van der Waals surface area contributed by atoms with Crippen LogP contribution in [0.15, 0.2) is 18.2 Å². The van der Waals surface area contributed by atoms with E-state index in [9.17, 15) is 9.18 Å². The molecule has 0 saturated heterocycles. The van der Waals surface area contributed by atoms with Crippen LogP contribution in [0.1, 0.15) is 18.9 Å². The molecule has 4 heteroatoms. The van der Waals surface area contributed by atoms with Gasteiger partial charge >= 0.3 is 5.97 Å². The number of benzene rings is 1. The summed E-state index contributed by atoms with van der Waals surface area (Å²) in [5.41, 5.74) is 0.508. The molecule has 1 rings (SSSR count). The molecule has 0 aliphatic heterocycles. The van der Waals surface area contributed by atoms with Gasteiger partial charge in [0.1, 0.15) is 5.82 Å². The first-order valence-electron chi connectivity index (χ1n) is 4.64. The average Bonchev–Trinajstić information content (AvgIpc) is 2.08. The molecule has 1 aromatic carbocycles. The molecule has 0 amide bonds. The van der Waals surface area contributed by atoms with E-state index < -0.39 is 5.97 Å². The van der Waals surface area contributed by atoms with Gasteiger partial charge in [-0.15, -0.1) is 0 Å². The van der Waals surface area contributed by atoms with Crippen LogP contribution < -0.4 is 0 Å². The van der Waals surface area contributed by atoms with Crippen molar-refractivity contribution in [3.05, 3.63) is 34.6 Å². The lowest BCUT2D eigenvalue weighted by Gasteiger charge is -2.09. The number of hydrogen-bond donors (Lipinski definition) is 1.